The molecule has 1 amide bonds. The van der Waals surface area contributed by atoms with E-state index < -0.39 is 0 Å². The summed E-state index contributed by atoms with van der Waals surface area (Å²) in [6.45, 7) is 2.05. The van der Waals surface area contributed by atoms with Gasteiger partial charge in [-0.15, -0.1) is 0 Å². The van der Waals surface area contributed by atoms with Gasteiger partial charge in [0, 0.05) is 36.1 Å². The average Bonchev–Trinajstić information content (AvgIpc) is 3.32. The van der Waals surface area contributed by atoms with E-state index in [1.54, 1.807) is 6.20 Å². The van der Waals surface area contributed by atoms with Gasteiger partial charge in [-0.2, -0.15) is 0 Å². The standard InChI is InChI=1S/C22H23N5O2S/c1-14-6-11-18(24-14)21-20(17-5-3-4-12-23-17)26-22(30)27(21)16-9-7-15(8-10-16)25-19(28)13-29-2/h3-12,20-21,24H,13H2,1-2H3,(H,25,28)(H,26,30)/t20-,21+/m0/s1. The van der Waals surface area contributed by atoms with Gasteiger partial charge >= 0.3 is 0 Å². The second kappa shape index (κ2) is 8.64. The van der Waals surface area contributed by atoms with Crippen molar-refractivity contribution in [3.8, 4) is 0 Å². The predicted molar refractivity (Wildman–Crippen MR) is 120 cm³/mol. The van der Waals surface area contributed by atoms with Gasteiger partial charge in [0.15, 0.2) is 5.11 Å². The topological polar surface area (TPSA) is 82.3 Å². The number of rotatable bonds is 6. The van der Waals surface area contributed by atoms with Crippen molar-refractivity contribution in [3.05, 3.63) is 77.9 Å². The Morgan fingerprint density at radius 3 is 2.63 bits per heavy atom. The maximum atomic E-state index is 11.8. The molecule has 3 aromatic rings. The summed E-state index contributed by atoms with van der Waals surface area (Å²) in [6.07, 6.45) is 1.79. The van der Waals surface area contributed by atoms with Crippen LogP contribution in [0.3, 0.4) is 0 Å². The second-order valence-electron chi connectivity index (χ2n) is 7.12. The summed E-state index contributed by atoms with van der Waals surface area (Å²) in [4.78, 5) is 21.8. The van der Waals surface area contributed by atoms with E-state index in [1.807, 2.05) is 49.4 Å². The Morgan fingerprint density at radius 2 is 2.00 bits per heavy atom. The third-order valence-corrected chi connectivity index (χ3v) is 5.29. The summed E-state index contributed by atoms with van der Waals surface area (Å²) in [5.41, 5.74) is 4.68. The molecule has 3 heterocycles. The summed E-state index contributed by atoms with van der Waals surface area (Å²) in [7, 11) is 1.49. The largest absolute Gasteiger partial charge is 0.375 e. The van der Waals surface area contributed by atoms with E-state index in [0.29, 0.717) is 10.8 Å². The molecule has 1 aliphatic rings. The molecule has 0 bridgehead atoms. The molecule has 1 aliphatic heterocycles. The average molecular weight is 422 g/mol. The van der Waals surface area contributed by atoms with Crippen LogP contribution in [0.5, 0.6) is 0 Å². The molecule has 0 unspecified atom stereocenters. The first-order valence-corrected chi connectivity index (χ1v) is 10.0. The fourth-order valence-corrected chi connectivity index (χ4v) is 4.03. The van der Waals surface area contributed by atoms with Crippen LogP contribution >= 0.6 is 12.2 Å². The number of aromatic amines is 1. The minimum atomic E-state index is -0.196. The molecule has 1 fully saturated rings. The van der Waals surface area contributed by atoms with Gasteiger partial charge in [0.05, 0.1) is 11.7 Å². The van der Waals surface area contributed by atoms with Crippen LogP contribution < -0.4 is 15.5 Å². The lowest BCUT2D eigenvalue weighted by molar-refractivity contribution is -0.119. The molecule has 1 saturated heterocycles. The summed E-state index contributed by atoms with van der Waals surface area (Å²) in [6, 6.07) is 17.4. The molecule has 7 nitrogen and oxygen atoms in total. The second-order valence-corrected chi connectivity index (χ2v) is 7.51. The minimum absolute atomic E-state index is 0.0158. The lowest BCUT2D eigenvalue weighted by Gasteiger charge is -2.27. The van der Waals surface area contributed by atoms with Crippen molar-refractivity contribution in [1.82, 2.24) is 15.3 Å². The van der Waals surface area contributed by atoms with Crippen LogP contribution in [0.4, 0.5) is 11.4 Å². The maximum absolute atomic E-state index is 11.8. The van der Waals surface area contributed by atoms with Crippen LogP contribution in [0.2, 0.25) is 0 Å². The van der Waals surface area contributed by atoms with Crippen molar-refractivity contribution < 1.29 is 9.53 Å². The Hall–Kier alpha value is -3.23. The number of aryl methyl sites for hydroxylation is 1. The van der Waals surface area contributed by atoms with Gasteiger partial charge in [-0.3, -0.25) is 9.78 Å². The van der Waals surface area contributed by atoms with E-state index in [0.717, 1.165) is 22.8 Å². The number of anilines is 2. The van der Waals surface area contributed by atoms with Gasteiger partial charge in [0.2, 0.25) is 5.91 Å². The summed E-state index contributed by atoms with van der Waals surface area (Å²) < 4.78 is 4.86. The van der Waals surface area contributed by atoms with Crippen molar-refractivity contribution in [3.63, 3.8) is 0 Å². The fourth-order valence-electron chi connectivity index (χ4n) is 3.68. The molecular formula is C22H23N5O2S. The van der Waals surface area contributed by atoms with Gasteiger partial charge in [0.25, 0.3) is 0 Å². The molecule has 0 spiro atoms. The lowest BCUT2D eigenvalue weighted by Crippen LogP contribution is -2.29. The number of aromatic nitrogens is 2. The Kier molecular flexibility index (Phi) is 5.78. The third-order valence-electron chi connectivity index (χ3n) is 4.98. The highest BCUT2D eigenvalue weighted by molar-refractivity contribution is 7.80. The lowest BCUT2D eigenvalue weighted by atomic mass is 10.0. The molecule has 0 saturated carbocycles. The number of ether oxygens (including phenoxy) is 1. The third kappa shape index (κ3) is 4.05. The number of pyridine rings is 1. The quantitative estimate of drug-likeness (QED) is 0.529. The monoisotopic (exact) mass is 421 g/mol. The first-order valence-electron chi connectivity index (χ1n) is 9.62. The van der Waals surface area contributed by atoms with Gasteiger partial charge in [-0.25, -0.2) is 0 Å². The number of nitrogens with one attached hydrogen (secondary N) is 3. The Morgan fingerprint density at radius 1 is 1.20 bits per heavy atom. The van der Waals surface area contributed by atoms with Gasteiger partial charge in [-0.05, 0) is 67.7 Å². The fraction of sp³-hybridized carbons (Fsp3) is 0.227. The van der Waals surface area contributed by atoms with E-state index in [-0.39, 0.29) is 24.6 Å². The van der Waals surface area contributed by atoms with Gasteiger partial charge in [-0.1, -0.05) is 6.07 Å². The van der Waals surface area contributed by atoms with E-state index in [9.17, 15) is 4.79 Å². The van der Waals surface area contributed by atoms with Crippen LogP contribution in [0.1, 0.15) is 29.2 Å². The molecule has 8 heteroatoms. The number of hydrogen-bond acceptors (Lipinski definition) is 4. The number of thiocarbonyl (C=S) groups is 1. The normalized spacial score (nSPS) is 18.3. The SMILES string of the molecule is COCC(=O)Nc1ccc(N2C(=S)N[C@@H](c3ccccn3)[C@H]2c2ccc(C)[nH]2)cc1. The highest BCUT2D eigenvalue weighted by atomic mass is 32.1. The number of carbonyl (C=O) groups is 1. The molecule has 4 rings (SSSR count). The highest BCUT2D eigenvalue weighted by Crippen LogP contribution is 2.41. The van der Waals surface area contributed by atoms with E-state index in [1.165, 1.54) is 7.11 Å². The zero-order valence-corrected chi connectivity index (χ0v) is 17.6. The zero-order chi connectivity index (χ0) is 21.1. The molecule has 0 radical (unpaired) electrons. The minimum Gasteiger partial charge on any atom is -0.375 e. The number of carbonyl (C=O) groups excluding carboxylic acids is 1. The van der Waals surface area contributed by atoms with E-state index >= 15 is 0 Å². The molecule has 2 atom stereocenters. The van der Waals surface area contributed by atoms with Crippen LogP contribution in [-0.2, 0) is 9.53 Å². The van der Waals surface area contributed by atoms with Crippen molar-refractivity contribution in [2.45, 2.75) is 19.0 Å². The highest BCUT2D eigenvalue weighted by Gasteiger charge is 2.41. The van der Waals surface area contributed by atoms with Crippen LogP contribution in [0.15, 0.2) is 60.8 Å². The molecule has 1 aromatic carbocycles. The Labute approximate surface area is 180 Å². The number of nitrogens with zero attached hydrogens (tertiary/aromatic N) is 2. The van der Waals surface area contributed by atoms with Gasteiger partial charge < -0.3 is 25.3 Å². The summed E-state index contributed by atoms with van der Waals surface area (Å²) in [5.74, 6) is -0.196. The summed E-state index contributed by atoms with van der Waals surface area (Å²) in [5, 5.41) is 6.86. The van der Waals surface area contributed by atoms with Crippen molar-refractivity contribution in [2.75, 3.05) is 23.9 Å². The predicted octanol–water partition coefficient (Wildman–Crippen LogP) is 3.48. The number of benzene rings is 1. The van der Waals surface area contributed by atoms with Crippen molar-refractivity contribution in [2.24, 2.45) is 0 Å². The van der Waals surface area contributed by atoms with Crippen LogP contribution in [0.25, 0.3) is 0 Å². The molecule has 154 valence electrons. The smallest absolute Gasteiger partial charge is 0.250 e. The molecule has 30 heavy (non-hydrogen) atoms. The number of amides is 1. The molecular weight excluding hydrogens is 398 g/mol. The number of H-pyrrole nitrogens is 1. The first kappa shape index (κ1) is 20.1. The van der Waals surface area contributed by atoms with E-state index in [2.05, 4.69) is 37.6 Å². The molecule has 2 aromatic heterocycles. The zero-order valence-electron chi connectivity index (χ0n) is 16.8. The number of methoxy groups -OCH3 is 1. The number of hydrogen-bond donors (Lipinski definition) is 3. The summed E-state index contributed by atoms with van der Waals surface area (Å²) >= 11 is 5.71. The Balaban J connectivity index is 1.67. The van der Waals surface area contributed by atoms with Crippen molar-refractivity contribution >= 4 is 34.6 Å². The molecule has 3 N–H and O–H groups in total. The first-order chi connectivity index (χ1) is 14.6. The van der Waals surface area contributed by atoms with Crippen LogP contribution in [0, 0.1) is 6.92 Å². The Bertz CT molecular complexity index is 1040. The van der Waals surface area contributed by atoms with E-state index in [4.69, 9.17) is 17.0 Å². The van der Waals surface area contributed by atoms with Gasteiger partial charge in [0.1, 0.15) is 12.6 Å². The molecule has 0 aliphatic carbocycles. The van der Waals surface area contributed by atoms with Crippen LogP contribution in [-0.4, -0.2) is 34.7 Å². The van der Waals surface area contributed by atoms with Crippen molar-refractivity contribution in [1.29, 1.82) is 0 Å². The maximum Gasteiger partial charge on any atom is 0.250 e.